The summed E-state index contributed by atoms with van der Waals surface area (Å²) in [5.74, 6) is 0. The molecule has 4 heterocycles. The largest absolute Gasteiger partial charge is 0.368 e. The monoisotopic (exact) mass is 472 g/mol. The second-order valence-corrected chi connectivity index (χ2v) is 10.8. The number of rotatable bonds is 5. The first kappa shape index (κ1) is 22.0. The lowest BCUT2D eigenvalue weighted by atomic mass is 10.00. The van der Waals surface area contributed by atoms with Gasteiger partial charge in [0, 0.05) is 67.3 Å². The molecular formula is C27H32N6S. The van der Waals surface area contributed by atoms with E-state index in [-0.39, 0.29) is 0 Å². The van der Waals surface area contributed by atoms with Crippen LogP contribution in [-0.2, 0) is 13.0 Å². The van der Waals surface area contributed by atoms with Crippen LogP contribution in [0.4, 0.5) is 10.7 Å². The molecule has 176 valence electrons. The van der Waals surface area contributed by atoms with E-state index in [1.807, 2.05) is 11.2 Å². The predicted octanol–water partition coefficient (Wildman–Crippen LogP) is 4.14. The summed E-state index contributed by atoms with van der Waals surface area (Å²) in [6.07, 6.45) is 3.34. The van der Waals surface area contributed by atoms with Gasteiger partial charge in [0.15, 0.2) is 0 Å². The maximum Gasteiger partial charge on any atom is 0.144 e. The van der Waals surface area contributed by atoms with E-state index < -0.39 is 6.17 Å². The van der Waals surface area contributed by atoms with Crippen LogP contribution in [0.5, 0.6) is 0 Å². The number of anilines is 1. The van der Waals surface area contributed by atoms with Gasteiger partial charge in [0.1, 0.15) is 11.2 Å². The maximum absolute atomic E-state index is 11.1. The summed E-state index contributed by atoms with van der Waals surface area (Å²) in [6.45, 7) is 8.18. The minimum absolute atomic E-state index is 0.556. The number of hydrogen-bond acceptors (Lipinski definition) is 6. The fourth-order valence-electron chi connectivity index (χ4n) is 5.61. The number of nitrogens with zero attached hydrogens (tertiary/aromatic N) is 6. The zero-order valence-corrected chi connectivity index (χ0v) is 20.7. The number of thiophene rings is 1. The smallest absolute Gasteiger partial charge is 0.144 e. The molecule has 3 aromatic rings. The fourth-order valence-corrected chi connectivity index (χ4v) is 6.90. The number of benzene rings is 2. The van der Waals surface area contributed by atoms with E-state index in [9.17, 15) is 5.73 Å². The van der Waals surface area contributed by atoms with Gasteiger partial charge in [-0.05, 0) is 43.5 Å². The molecule has 1 unspecified atom stereocenters. The molecule has 0 aliphatic carbocycles. The lowest BCUT2D eigenvalue weighted by molar-refractivity contribution is 0.233. The van der Waals surface area contributed by atoms with Crippen LogP contribution in [-0.4, -0.2) is 73.9 Å². The van der Waals surface area contributed by atoms with Gasteiger partial charge >= 0.3 is 0 Å². The quantitative estimate of drug-likeness (QED) is 0.560. The summed E-state index contributed by atoms with van der Waals surface area (Å²) in [7, 11) is 2.16. The van der Waals surface area contributed by atoms with E-state index in [1.165, 1.54) is 26.9 Å². The zero-order chi connectivity index (χ0) is 23.1. The molecule has 3 aliphatic heterocycles. The molecule has 2 radical (unpaired) electrons. The van der Waals surface area contributed by atoms with E-state index in [2.05, 4.69) is 64.2 Å². The van der Waals surface area contributed by atoms with Gasteiger partial charge in [0.05, 0.1) is 6.34 Å². The second-order valence-electron chi connectivity index (χ2n) is 9.75. The van der Waals surface area contributed by atoms with Gasteiger partial charge in [-0.3, -0.25) is 4.90 Å². The Morgan fingerprint density at radius 2 is 1.82 bits per heavy atom. The Bertz CT molecular complexity index is 1190. The molecule has 0 saturated carbocycles. The number of aliphatic imine (C=N–C) groups is 1. The van der Waals surface area contributed by atoms with Crippen molar-refractivity contribution in [3.05, 3.63) is 58.5 Å². The van der Waals surface area contributed by atoms with Gasteiger partial charge in [-0.1, -0.05) is 36.4 Å². The highest BCUT2D eigenvalue weighted by Gasteiger charge is 2.31. The average Bonchev–Trinajstić information content (AvgIpc) is 3.24. The second kappa shape index (κ2) is 9.30. The highest BCUT2D eigenvalue weighted by molar-refractivity contribution is 7.16. The minimum Gasteiger partial charge on any atom is -0.368 e. The topological polar surface area (TPSA) is 47.6 Å². The molecule has 0 amide bonds. The van der Waals surface area contributed by atoms with Crippen molar-refractivity contribution in [1.29, 1.82) is 0 Å². The first-order valence-corrected chi connectivity index (χ1v) is 13.2. The Labute approximate surface area is 206 Å². The summed E-state index contributed by atoms with van der Waals surface area (Å²) >= 11 is 1.75. The minimum atomic E-state index is -0.556. The van der Waals surface area contributed by atoms with Crippen molar-refractivity contribution < 1.29 is 0 Å². The molecule has 1 atom stereocenters. The van der Waals surface area contributed by atoms with Gasteiger partial charge in [-0.2, -0.15) is 0 Å². The zero-order valence-electron chi connectivity index (χ0n) is 19.9. The van der Waals surface area contributed by atoms with Crippen molar-refractivity contribution in [3.63, 3.8) is 0 Å². The number of likely N-dealkylation sites (N-methyl/N-ethyl adjacent to an activating group) is 1. The Balaban J connectivity index is 1.03. The first-order valence-electron chi connectivity index (χ1n) is 12.4. The third-order valence-electron chi connectivity index (χ3n) is 7.53. The third-order valence-corrected chi connectivity index (χ3v) is 8.68. The Hall–Kier alpha value is -2.45. The predicted molar refractivity (Wildman–Crippen MR) is 141 cm³/mol. The van der Waals surface area contributed by atoms with Gasteiger partial charge in [0.25, 0.3) is 0 Å². The van der Waals surface area contributed by atoms with Crippen LogP contribution in [0.2, 0.25) is 0 Å². The van der Waals surface area contributed by atoms with Crippen LogP contribution in [0.25, 0.3) is 10.8 Å². The standard InChI is InChI=1S/C27H32N6S/c1-30-13-10-22-24(18-30)34-27-25(22)26(28)33(19-29-27)12-5-11-31-14-16-32(17-15-31)23-9-4-7-20-6-2-3-8-21(20)23/h2-4,6-9,19,26H,5,10-18H2,1H3. The number of hydrogen-bond donors (Lipinski definition) is 0. The molecule has 0 spiro atoms. The molecule has 6 nitrogen and oxygen atoms in total. The van der Waals surface area contributed by atoms with Crippen molar-refractivity contribution in [2.45, 2.75) is 25.6 Å². The van der Waals surface area contributed by atoms with Crippen LogP contribution >= 0.6 is 11.3 Å². The SMILES string of the molecule is CN1CCc2c(sc3c2C([N])N(CCCN2CCN(c4cccc5ccccc45)CC2)C=N3)C1. The summed E-state index contributed by atoms with van der Waals surface area (Å²) < 4.78 is 0. The van der Waals surface area contributed by atoms with Crippen molar-refractivity contribution in [2.75, 3.05) is 57.8 Å². The molecule has 2 aromatic carbocycles. The van der Waals surface area contributed by atoms with Gasteiger partial charge in [0.2, 0.25) is 0 Å². The Morgan fingerprint density at radius 1 is 1.00 bits per heavy atom. The van der Waals surface area contributed by atoms with Crippen LogP contribution in [0, 0.1) is 0 Å². The molecule has 1 aromatic heterocycles. The lowest BCUT2D eigenvalue weighted by Crippen LogP contribution is -2.47. The highest BCUT2D eigenvalue weighted by atomic mass is 32.1. The molecule has 0 bridgehead atoms. The molecular weight excluding hydrogens is 440 g/mol. The van der Waals surface area contributed by atoms with Crippen molar-refractivity contribution in [2.24, 2.45) is 4.99 Å². The number of piperazine rings is 1. The van der Waals surface area contributed by atoms with Gasteiger partial charge in [-0.15, -0.1) is 17.1 Å². The van der Waals surface area contributed by atoms with Crippen LogP contribution in [0.1, 0.15) is 28.6 Å². The van der Waals surface area contributed by atoms with Crippen molar-refractivity contribution >= 4 is 39.1 Å². The number of fused-ring (bicyclic) bond motifs is 4. The van der Waals surface area contributed by atoms with Crippen LogP contribution < -0.4 is 10.6 Å². The maximum atomic E-state index is 11.1. The molecule has 3 aliphatic rings. The Kier molecular flexibility index (Phi) is 6.03. The van der Waals surface area contributed by atoms with E-state index in [4.69, 9.17) is 4.99 Å². The molecule has 0 N–H and O–H groups in total. The fraction of sp³-hybridized carbons (Fsp3) is 0.444. The van der Waals surface area contributed by atoms with E-state index in [0.29, 0.717) is 0 Å². The molecule has 6 rings (SSSR count). The molecule has 7 heteroatoms. The van der Waals surface area contributed by atoms with Gasteiger partial charge in [-0.25, -0.2) is 4.99 Å². The first-order chi connectivity index (χ1) is 16.7. The average molecular weight is 473 g/mol. The molecule has 34 heavy (non-hydrogen) atoms. The van der Waals surface area contributed by atoms with Gasteiger partial charge < -0.3 is 14.7 Å². The molecule has 1 fully saturated rings. The third kappa shape index (κ3) is 4.11. The Morgan fingerprint density at radius 3 is 2.71 bits per heavy atom. The van der Waals surface area contributed by atoms with E-state index >= 15 is 0 Å². The lowest BCUT2D eigenvalue weighted by Gasteiger charge is -2.37. The summed E-state index contributed by atoms with van der Waals surface area (Å²) in [6, 6.07) is 15.3. The molecule has 1 saturated heterocycles. The van der Waals surface area contributed by atoms with Crippen LogP contribution in [0.3, 0.4) is 0 Å². The van der Waals surface area contributed by atoms with Crippen molar-refractivity contribution in [1.82, 2.24) is 20.4 Å². The van der Waals surface area contributed by atoms with Crippen LogP contribution in [0.15, 0.2) is 47.5 Å². The van der Waals surface area contributed by atoms with E-state index in [1.54, 1.807) is 11.3 Å². The summed E-state index contributed by atoms with van der Waals surface area (Å²) in [5, 5.41) is 3.67. The van der Waals surface area contributed by atoms with Crippen molar-refractivity contribution in [3.8, 4) is 0 Å². The highest BCUT2D eigenvalue weighted by Crippen LogP contribution is 2.44. The van der Waals surface area contributed by atoms with E-state index in [0.717, 1.165) is 75.8 Å². The summed E-state index contributed by atoms with van der Waals surface area (Å²) in [5.41, 5.74) is 14.9. The normalized spacial score (nSPS) is 21.2. The summed E-state index contributed by atoms with van der Waals surface area (Å²) in [4.78, 5) is 15.5.